The Balaban J connectivity index is 2.35. The van der Waals surface area contributed by atoms with E-state index in [2.05, 4.69) is 14.1 Å². The Bertz CT molecular complexity index is 623. The Kier molecular flexibility index (Phi) is 2.73. The van der Waals surface area contributed by atoms with Crippen LogP contribution in [0.2, 0.25) is 0 Å². The highest BCUT2D eigenvalue weighted by atomic mass is 32.3. The molecule has 0 unspecified atom stereocenters. The lowest BCUT2D eigenvalue weighted by atomic mass is 11.0. The van der Waals surface area contributed by atoms with Gasteiger partial charge < -0.3 is 4.13 Å². The molecule has 0 saturated heterocycles. The number of rotatable bonds is 4. The molecule has 2 aromatic heterocycles. The highest BCUT2D eigenvalue weighted by molar-refractivity contribution is 8.10. The molecule has 0 bridgehead atoms. The molecule has 0 aliphatic carbocycles. The monoisotopic (exact) mass is 276 g/mol. The van der Waals surface area contributed by atoms with Gasteiger partial charge in [0.2, 0.25) is 0 Å². The van der Waals surface area contributed by atoms with Crippen LogP contribution < -0.4 is 0 Å². The maximum atomic E-state index is 11.5. The molecule has 0 saturated carbocycles. The van der Waals surface area contributed by atoms with Crippen LogP contribution in [0.5, 0.6) is 0 Å². The summed E-state index contributed by atoms with van der Waals surface area (Å²) in [4.78, 5) is 6.98. The first kappa shape index (κ1) is 11.8. The Labute approximate surface area is 97.1 Å². The van der Waals surface area contributed by atoms with Crippen LogP contribution in [0.25, 0.3) is 4.13 Å². The van der Waals surface area contributed by atoms with Gasteiger partial charge in [0.25, 0.3) is 0 Å². The van der Waals surface area contributed by atoms with Crippen LogP contribution >= 0.6 is 0 Å². The molecular formula is C6H6N5O4S2-. The van der Waals surface area contributed by atoms with Gasteiger partial charge >= 0.3 is 0 Å². The van der Waals surface area contributed by atoms with Gasteiger partial charge in [0.15, 0.2) is 20.4 Å². The summed E-state index contributed by atoms with van der Waals surface area (Å²) in [6, 6.07) is 0. The van der Waals surface area contributed by atoms with Gasteiger partial charge in [-0.05, 0) is 0 Å². The van der Waals surface area contributed by atoms with Gasteiger partial charge in [-0.1, -0.05) is 0 Å². The van der Waals surface area contributed by atoms with Crippen molar-refractivity contribution in [1.29, 1.82) is 0 Å². The van der Waals surface area contributed by atoms with E-state index in [1.54, 1.807) is 0 Å². The quantitative estimate of drug-likeness (QED) is 0.731. The Morgan fingerprint density at radius 1 is 0.824 bits per heavy atom. The highest BCUT2D eigenvalue weighted by Gasteiger charge is 2.10. The Morgan fingerprint density at radius 3 is 1.53 bits per heavy atom. The van der Waals surface area contributed by atoms with E-state index in [-0.39, 0.29) is 0 Å². The van der Waals surface area contributed by atoms with E-state index in [4.69, 9.17) is 0 Å². The predicted octanol–water partition coefficient (Wildman–Crippen LogP) is -0.661. The zero-order valence-electron chi connectivity index (χ0n) is 8.15. The lowest BCUT2D eigenvalue weighted by Gasteiger charge is -2.20. The standard InChI is InChI=1S/C6H6N5O4S2/c12-16(13,10-3-1-7-5-10)9-17(14,15)11-4-2-8-6-11/h1-6H/q-1. The van der Waals surface area contributed by atoms with E-state index in [1.807, 2.05) is 0 Å². The lowest BCUT2D eigenvalue weighted by molar-refractivity contribution is 0.586. The van der Waals surface area contributed by atoms with Gasteiger partial charge in [-0.25, -0.2) is 34.7 Å². The summed E-state index contributed by atoms with van der Waals surface area (Å²) in [6.45, 7) is 0. The number of hydrogen-bond donors (Lipinski definition) is 0. The summed E-state index contributed by atoms with van der Waals surface area (Å²) in [5.74, 6) is 0. The molecule has 17 heavy (non-hydrogen) atoms. The van der Waals surface area contributed by atoms with E-state index >= 15 is 0 Å². The van der Waals surface area contributed by atoms with Gasteiger partial charge in [0, 0.05) is 24.8 Å². The number of imidazole rings is 2. The second-order valence-corrected chi connectivity index (χ2v) is 6.05. The molecule has 0 amide bonds. The molecule has 0 atom stereocenters. The average molecular weight is 276 g/mol. The lowest BCUT2D eigenvalue weighted by Crippen LogP contribution is -2.18. The van der Waals surface area contributed by atoms with Crippen LogP contribution in [0.1, 0.15) is 0 Å². The summed E-state index contributed by atoms with van der Waals surface area (Å²) in [7, 11) is -8.72. The molecule has 92 valence electrons. The topological polar surface area (TPSA) is 118 Å². The van der Waals surface area contributed by atoms with Crippen molar-refractivity contribution in [3.8, 4) is 0 Å². The second-order valence-electron chi connectivity index (χ2n) is 2.82. The predicted molar refractivity (Wildman–Crippen MR) is 56.4 cm³/mol. The van der Waals surface area contributed by atoms with Gasteiger partial charge in [-0.15, -0.1) is 0 Å². The van der Waals surface area contributed by atoms with Crippen LogP contribution in [0.4, 0.5) is 0 Å². The molecule has 0 aromatic carbocycles. The zero-order valence-corrected chi connectivity index (χ0v) is 9.78. The molecule has 0 aliphatic heterocycles. The third-order valence-corrected chi connectivity index (χ3v) is 4.69. The van der Waals surface area contributed by atoms with Crippen molar-refractivity contribution in [3.63, 3.8) is 0 Å². The molecule has 9 nitrogen and oxygen atoms in total. The minimum absolute atomic E-state index is 0.585. The number of aromatic nitrogens is 4. The molecule has 0 fully saturated rings. The van der Waals surface area contributed by atoms with Crippen LogP contribution in [0, 0.1) is 0 Å². The van der Waals surface area contributed by atoms with Crippen LogP contribution in [-0.4, -0.2) is 34.7 Å². The summed E-state index contributed by atoms with van der Waals surface area (Å²) in [5, 5.41) is 0. The Hall–Kier alpha value is -1.72. The molecular weight excluding hydrogens is 270 g/mol. The minimum Gasteiger partial charge on any atom is -0.398 e. The Morgan fingerprint density at radius 2 is 1.24 bits per heavy atom. The molecule has 2 aromatic rings. The molecule has 0 radical (unpaired) electrons. The summed E-state index contributed by atoms with van der Waals surface area (Å²) in [6.07, 6.45) is 6.39. The van der Waals surface area contributed by atoms with Crippen LogP contribution in [0.15, 0.2) is 37.4 Å². The second kappa shape index (κ2) is 3.94. The summed E-state index contributed by atoms with van der Waals surface area (Å²) >= 11 is 0. The third kappa shape index (κ3) is 2.35. The maximum absolute atomic E-state index is 11.5. The average Bonchev–Trinajstić information content (AvgIpc) is 2.91. The fraction of sp³-hybridized carbons (Fsp3) is 0. The largest absolute Gasteiger partial charge is 0.398 e. The van der Waals surface area contributed by atoms with E-state index in [9.17, 15) is 16.8 Å². The first-order chi connectivity index (χ1) is 7.92. The first-order valence-corrected chi connectivity index (χ1v) is 6.92. The molecule has 0 spiro atoms. The van der Waals surface area contributed by atoms with Crippen molar-refractivity contribution >= 4 is 20.4 Å². The van der Waals surface area contributed by atoms with E-state index < -0.39 is 20.4 Å². The minimum atomic E-state index is -4.36. The van der Waals surface area contributed by atoms with E-state index in [1.165, 1.54) is 12.4 Å². The number of nitrogens with zero attached hydrogens (tertiary/aromatic N) is 5. The molecule has 11 heteroatoms. The third-order valence-electron chi connectivity index (χ3n) is 1.68. The van der Waals surface area contributed by atoms with Crippen LogP contribution in [-0.2, 0) is 20.4 Å². The van der Waals surface area contributed by atoms with Gasteiger partial charge in [-0.2, -0.15) is 0 Å². The van der Waals surface area contributed by atoms with E-state index in [0.29, 0.717) is 7.94 Å². The smallest absolute Gasteiger partial charge is 0.175 e. The van der Waals surface area contributed by atoms with Crippen molar-refractivity contribution in [3.05, 3.63) is 41.6 Å². The summed E-state index contributed by atoms with van der Waals surface area (Å²) < 4.78 is 50.2. The fourth-order valence-corrected chi connectivity index (χ4v) is 3.29. The molecule has 2 heterocycles. The zero-order chi connectivity index (χ0) is 12.5. The van der Waals surface area contributed by atoms with Gasteiger partial charge in [-0.3, -0.25) is 0 Å². The fourth-order valence-electron chi connectivity index (χ4n) is 0.963. The van der Waals surface area contributed by atoms with Crippen molar-refractivity contribution in [1.82, 2.24) is 17.9 Å². The van der Waals surface area contributed by atoms with Crippen molar-refractivity contribution in [2.45, 2.75) is 0 Å². The van der Waals surface area contributed by atoms with Crippen LogP contribution in [0.3, 0.4) is 0 Å². The van der Waals surface area contributed by atoms with Crippen molar-refractivity contribution in [2.75, 3.05) is 0 Å². The van der Waals surface area contributed by atoms with Crippen molar-refractivity contribution in [2.24, 2.45) is 0 Å². The first-order valence-electron chi connectivity index (χ1n) is 4.13. The molecule has 2 rings (SSSR count). The highest BCUT2D eigenvalue weighted by Crippen LogP contribution is 2.14. The van der Waals surface area contributed by atoms with Gasteiger partial charge in [0.1, 0.15) is 12.7 Å². The molecule has 0 N–H and O–H groups in total. The SMILES string of the molecule is O=S(=O)([N-]S(=O)(=O)n1ccnc1)n1ccnc1. The van der Waals surface area contributed by atoms with Gasteiger partial charge in [0.05, 0.1) is 0 Å². The van der Waals surface area contributed by atoms with E-state index in [0.717, 1.165) is 25.0 Å². The maximum Gasteiger partial charge on any atom is 0.175 e. The number of hydrogen-bond acceptors (Lipinski definition) is 6. The van der Waals surface area contributed by atoms with Crippen molar-refractivity contribution < 1.29 is 16.8 Å². The summed E-state index contributed by atoms with van der Waals surface area (Å²) in [5.41, 5.74) is 0. The molecule has 0 aliphatic rings. The normalized spacial score (nSPS) is 12.7.